The number of nitrogens with zero attached hydrogens (tertiary/aromatic N) is 3. The van der Waals surface area contributed by atoms with Crippen molar-refractivity contribution in [2.24, 2.45) is 5.10 Å². The number of ether oxygens (including phenoxy) is 1. The molecule has 10 nitrogen and oxygen atoms in total. The molecule has 0 aliphatic carbocycles. The van der Waals surface area contributed by atoms with E-state index in [1.54, 1.807) is 0 Å². The van der Waals surface area contributed by atoms with E-state index < -0.39 is 62.7 Å². The molecule has 2 amide bonds. The second-order valence-electron chi connectivity index (χ2n) is 6.53. The number of aromatic nitrogens is 1. The SMILES string of the molecule is CN1NNN=C1NC(=O)c1ccc(OC(F)(F)F)c(NC(=O)c2ncc(C(F)(F)F)cc2Cl)c1Cl. The zero-order chi connectivity index (χ0) is 26.1. The quantitative estimate of drug-likeness (QED) is 0.434. The van der Waals surface area contributed by atoms with E-state index in [4.69, 9.17) is 23.2 Å². The van der Waals surface area contributed by atoms with Gasteiger partial charge >= 0.3 is 12.5 Å². The number of pyridine rings is 1. The van der Waals surface area contributed by atoms with E-state index in [9.17, 15) is 35.9 Å². The van der Waals surface area contributed by atoms with Gasteiger partial charge in [0.1, 0.15) is 11.4 Å². The molecule has 0 unspecified atom stereocenters. The smallest absolute Gasteiger partial charge is 0.404 e. The highest BCUT2D eigenvalue weighted by Crippen LogP contribution is 2.39. The first kappa shape index (κ1) is 26.1. The second kappa shape index (κ2) is 9.63. The van der Waals surface area contributed by atoms with E-state index in [1.807, 2.05) is 5.32 Å². The van der Waals surface area contributed by atoms with Gasteiger partial charge in [-0.3, -0.25) is 19.9 Å². The highest BCUT2D eigenvalue weighted by atomic mass is 35.5. The number of benzene rings is 1. The molecule has 2 aromatic rings. The zero-order valence-corrected chi connectivity index (χ0v) is 18.4. The second-order valence-corrected chi connectivity index (χ2v) is 7.31. The van der Waals surface area contributed by atoms with Gasteiger partial charge in [0, 0.05) is 13.2 Å². The Hall–Kier alpha value is -3.50. The molecule has 1 aliphatic rings. The maximum atomic E-state index is 12.9. The monoisotopic (exact) mass is 545 g/mol. The van der Waals surface area contributed by atoms with Gasteiger partial charge < -0.3 is 10.1 Å². The number of amides is 2. The van der Waals surface area contributed by atoms with Crippen molar-refractivity contribution >= 4 is 46.7 Å². The van der Waals surface area contributed by atoms with E-state index in [2.05, 4.69) is 31.2 Å². The third-order valence-corrected chi connectivity index (χ3v) is 4.80. The van der Waals surface area contributed by atoms with Crippen LogP contribution < -0.4 is 26.4 Å². The molecule has 1 aliphatic heterocycles. The zero-order valence-electron chi connectivity index (χ0n) is 16.9. The lowest BCUT2D eigenvalue weighted by atomic mass is 10.1. The molecule has 3 rings (SSSR count). The van der Waals surface area contributed by atoms with Gasteiger partial charge in [-0.1, -0.05) is 23.2 Å². The van der Waals surface area contributed by atoms with Gasteiger partial charge in [-0.2, -0.15) is 13.2 Å². The molecule has 35 heavy (non-hydrogen) atoms. The minimum Gasteiger partial charge on any atom is -0.404 e. The van der Waals surface area contributed by atoms with Gasteiger partial charge in [-0.15, -0.1) is 23.8 Å². The van der Waals surface area contributed by atoms with Crippen molar-refractivity contribution in [2.75, 3.05) is 12.4 Å². The Morgan fingerprint density at radius 1 is 1.09 bits per heavy atom. The molecule has 4 N–H and O–H groups in total. The summed E-state index contributed by atoms with van der Waals surface area (Å²) in [6.45, 7) is 0. The Balaban J connectivity index is 1.97. The fraction of sp³-hybridized carbons (Fsp3) is 0.176. The van der Waals surface area contributed by atoms with Crippen LogP contribution in [-0.4, -0.2) is 41.2 Å². The Bertz CT molecular complexity index is 1210. The van der Waals surface area contributed by atoms with Crippen LogP contribution in [-0.2, 0) is 6.18 Å². The van der Waals surface area contributed by atoms with Crippen LogP contribution in [0.5, 0.6) is 5.75 Å². The average molecular weight is 546 g/mol. The number of guanidine groups is 1. The summed E-state index contributed by atoms with van der Waals surface area (Å²) in [6, 6.07) is 1.99. The van der Waals surface area contributed by atoms with E-state index in [1.165, 1.54) is 12.1 Å². The molecule has 0 spiro atoms. The molecule has 18 heteroatoms. The first-order valence-electron chi connectivity index (χ1n) is 8.93. The summed E-state index contributed by atoms with van der Waals surface area (Å²) in [5, 5.41) is 7.74. The molecule has 1 aromatic heterocycles. The van der Waals surface area contributed by atoms with Crippen LogP contribution in [0.3, 0.4) is 0 Å². The van der Waals surface area contributed by atoms with Crippen molar-refractivity contribution in [3.05, 3.63) is 51.3 Å². The van der Waals surface area contributed by atoms with Crippen LogP contribution >= 0.6 is 23.2 Å². The summed E-state index contributed by atoms with van der Waals surface area (Å²) < 4.78 is 80.9. The minimum absolute atomic E-state index is 0.0343. The van der Waals surface area contributed by atoms with Crippen LogP contribution in [0.15, 0.2) is 29.5 Å². The van der Waals surface area contributed by atoms with Gasteiger partial charge in [0.15, 0.2) is 5.75 Å². The highest BCUT2D eigenvalue weighted by Gasteiger charge is 2.35. The maximum Gasteiger partial charge on any atom is 0.573 e. The molecule has 0 atom stereocenters. The van der Waals surface area contributed by atoms with Crippen molar-refractivity contribution in [1.29, 1.82) is 0 Å². The number of halogens is 8. The Labute approximate surface area is 201 Å². The van der Waals surface area contributed by atoms with Crippen LogP contribution in [0, 0.1) is 0 Å². The van der Waals surface area contributed by atoms with E-state index in [0.717, 1.165) is 6.07 Å². The van der Waals surface area contributed by atoms with E-state index >= 15 is 0 Å². The Kier molecular flexibility index (Phi) is 7.18. The van der Waals surface area contributed by atoms with Crippen molar-refractivity contribution in [1.82, 2.24) is 26.4 Å². The number of nitrogens with one attached hydrogen (secondary N) is 4. The molecule has 188 valence electrons. The molecular weight excluding hydrogens is 535 g/mol. The van der Waals surface area contributed by atoms with Crippen molar-refractivity contribution in [3.63, 3.8) is 0 Å². The lowest BCUT2D eigenvalue weighted by Crippen LogP contribution is -2.45. The summed E-state index contributed by atoms with van der Waals surface area (Å²) >= 11 is 11.8. The fourth-order valence-electron chi connectivity index (χ4n) is 2.55. The minimum atomic E-state index is -5.23. The van der Waals surface area contributed by atoms with Crippen molar-refractivity contribution < 1.29 is 40.7 Å². The maximum absolute atomic E-state index is 12.9. The van der Waals surface area contributed by atoms with Gasteiger partial charge in [0.25, 0.3) is 11.8 Å². The van der Waals surface area contributed by atoms with Gasteiger partial charge in [-0.05, 0) is 18.2 Å². The third-order valence-electron chi connectivity index (χ3n) is 4.12. The normalized spacial score (nSPS) is 13.7. The molecule has 0 fully saturated rings. The number of carbonyl (C=O) groups is 2. The van der Waals surface area contributed by atoms with Gasteiger partial charge in [0.2, 0.25) is 5.96 Å². The fourth-order valence-corrected chi connectivity index (χ4v) is 3.10. The number of anilines is 1. The first-order valence-corrected chi connectivity index (χ1v) is 9.68. The number of hydrazone groups is 1. The number of hydrogen-bond acceptors (Lipinski definition) is 8. The summed E-state index contributed by atoms with van der Waals surface area (Å²) in [7, 11) is 1.47. The lowest BCUT2D eigenvalue weighted by molar-refractivity contribution is -0.274. The lowest BCUT2D eigenvalue weighted by Gasteiger charge is -2.18. The molecule has 2 heterocycles. The first-order chi connectivity index (χ1) is 16.2. The van der Waals surface area contributed by atoms with Crippen molar-refractivity contribution in [3.8, 4) is 5.75 Å². The predicted octanol–water partition coefficient (Wildman–Crippen LogP) is 3.51. The third kappa shape index (κ3) is 6.14. The van der Waals surface area contributed by atoms with Crippen LogP contribution in [0.25, 0.3) is 0 Å². The molecule has 0 radical (unpaired) electrons. The van der Waals surface area contributed by atoms with Crippen LogP contribution in [0.1, 0.15) is 26.4 Å². The molecule has 0 saturated heterocycles. The Morgan fingerprint density at radius 2 is 1.77 bits per heavy atom. The summed E-state index contributed by atoms with van der Waals surface area (Å²) in [4.78, 5) is 28.5. The predicted molar refractivity (Wildman–Crippen MR) is 109 cm³/mol. The average Bonchev–Trinajstić information content (AvgIpc) is 3.13. The van der Waals surface area contributed by atoms with Crippen molar-refractivity contribution in [2.45, 2.75) is 12.5 Å². The Morgan fingerprint density at radius 3 is 2.31 bits per heavy atom. The number of alkyl halides is 6. The standard InChI is InChI=1S/C17H11Cl2F6N7O3/c1-32-15(29-30-31-32)28-13(33)7-2-3-9(35-17(23,24)25)12(10(7)19)27-14(34)11-8(18)4-6(5-26-11)16(20,21)22/h2-5,30-31H,1H3,(H,27,34)(H,28,29,33). The molecule has 0 bridgehead atoms. The number of rotatable bonds is 4. The molecule has 0 saturated carbocycles. The van der Waals surface area contributed by atoms with Gasteiger partial charge in [0.05, 0.1) is 21.2 Å². The van der Waals surface area contributed by atoms with Gasteiger partial charge in [-0.25, -0.2) is 10.5 Å². The van der Waals surface area contributed by atoms with E-state index in [-0.39, 0.29) is 5.96 Å². The largest absolute Gasteiger partial charge is 0.573 e. The number of hydrazine groups is 2. The molecule has 1 aromatic carbocycles. The highest BCUT2D eigenvalue weighted by molar-refractivity contribution is 6.38. The summed E-state index contributed by atoms with van der Waals surface area (Å²) in [5.41, 5.74) is 1.56. The number of hydrogen-bond donors (Lipinski definition) is 4. The number of carbonyl (C=O) groups excluding carboxylic acids is 2. The van der Waals surface area contributed by atoms with E-state index in [0.29, 0.717) is 18.3 Å². The molecular formula is C17H11Cl2F6N7O3. The summed E-state index contributed by atoms with van der Waals surface area (Å²) in [5.74, 6) is -3.32. The van der Waals surface area contributed by atoms with Crippen LogP contribution in [0.4, 0.5) is 32.0 Å². The summed E-state index contributed by atoms with van der Waals surface area (Å²) in [6.07, 6.45) is -9.73. The van der Waals surface area contributed by atoms with Crippen LogP contribution in [0.2, 0.25) is 10.0 Å². The topological polar surface area (TPSA) is 120 Å².